The van der Waals surface area contributed by atoms with Crippen molar-refractivity contribution in [2.75, 3.05) is 0 Å². The van der Waals surface area contributed by atoms with Gasteiger partial charge in [-0.25, -0.2) is 4.79 Å². The molecule has 0 radical (unpaired) electrons. The van der Waals surface area contributed by atoms with Crippen LogP contribution in [0.4, 0.5) is 0 Å². The molecule has 0 saturated heterocycles. The minimum Gasteiger partial charge on any atom is -0.456 e. The third-order valence-electron chi connectivity index (χ3n) is 3.08. The van der Waals surface area contributed by atoms with Crippen LogP contribution in [-0.2, 0) is 11.3 Å². The van der Waals surface area contributed by atoms with Gasteiger partial charge in [0.15, 0.2) is 0 Å². The summed E-state index contributed by atoms with van der Waals surface area (Å²) in [6.45, 7) is 5.43. The van der Waals surface area contributed by atoms with Crippen molar-refractivity contribution < 1.29 is 14.6 Å². The zero-order valence-corrected chi connectivity index (χ0v) is 13.6. The molecule has 0 bridgehead atoms. The van der Waals surface area contributed by atoms with Crippen molar-refractivity contribution in [3.8, 4) is 11.1 Å². The van der Waals surface area contributed by atoms with E-state index in [4.69, 9.17) is 21.4 Å². The molecule has 3 nitrogen and oxygen atoms in total. The molecule has 0 aliphatic heterocycles. The van der Waals surface area contributed by atoms with E-state index in [1.807, 2.05) is 39.0 Å². The minimum absolute atomic E-state index is 0.0866. The smallest absolute Gasteiger partial charge is 0.338 e. The van der Waals surface area contributed by atoms with Gasteiger partial charge >= 0.3 is 5.97 Å². The number of ether oxygens (including phenoxy) is 1. The molecule has 0 aliphatic rings. The summed E-state index contributed by atoms with van der Waals surface area (Å²) in [6.07, 6.45) is 0. The third kappa shape index (κ3) is 4.09. The molecule has 0 amide bonds. The highest BCUT2D eigenvalue weighted by Crippen LogP contribution is 2.26. The fourth-order valence-corrected chi connectivity index (χ4v) is 2.23. The molecule has 4 heteroatoms. The molecule has 116 valence electrons. The van der Waals surface area contributed by atoms with Gasteiger partial charge in [0.1, 0.15) is 5.60 Å². The van der Waals surface area contributed by atoms with Crippen LogP contribution in [-0.4, -0.2) is 16.7 Å². The highest BCUT2D eigenvalue weighted by molar-refractivity contribution is 6.31. The van der Waals surface area contributed by atoms with E-state index >= 15 is 0 Å². The lowest BCUT2D eigenvalue weighted by Crippen LogP contribution is -2.23. The number of hydrogen-bond donors (Lipinski definition) is 1. The lowest BCUT2D eigenvalue weighted by molar-refractivity contribution is 0.00696. The summed E-state index contributed by atoms with van der Waals surface area (Å²) in [5, 5.41) is 9.66. The van der Waals surface area contributed by atoms with Gasteiger partial charge in [-0.1, -0.05) is 35.9 Å². The van der Waals surface area contributed by atoms with Gasteiger partial charge in [0, 0.05) is 5.02 Å². The number of aliphatic hydroxyl groups is 1. The van der Waals surface area contributed by atoms with Crippen LogP contribution in [0.3, 0.4) is 0 Å². The Labute approximate surface area is 135 Å². The molecular formula is C18H19ClO3. The molecule has 1 N–H and O–H groups in total. The van der Waals surface area contributed by atoms with Crippen molar-refractivity contribution in [1.82, 2.24) is 0 Å². The Bertz CT molecular complexity index is 670. The summed E-state index contributed by atoms with van der Waals surface area (Å²) in [7, 11) is 0. The quantitative estimate of drug-likeness (QED) is 0.850. The summed E-state index contributed by atoms with van der Waals surface area (Å²) in [4.78, 5) is 12.0. The van der Waals surface area contributed by atoms with E-state index in [1.165, 1.54) is 0 Å². The van der Waals surface area contributed by atoms with Crippen molar-refractivity contribution >= 4 is 17.6 Å². The highest BCUT2D eigenvalue weighted by Gasteiger charge is 2.17. The number of aliphatic hydroxyl groups excluding tert-OH is 1. The van der Waals surface area contributed by atoms with E-state index in [9.17, 15) is 4.79 Å². The molecule has 0 aromatic heterocycles. The molecule has 0 fully saturated rings. The van der Waals surface area contributed by atoms with E-state index in [0.29, 0.717) is 16.1 Å². The van der Waals surface area contributed by atoms with Crippen molar-refractivity contribution in [2.24, 2.45) is 0 Å². The standard InChI is InChI=1S/C18H19ClO3/c1-18(2,3)22-17(21)13-6-4-12(5-7-13)14-8-9-15(11-20)16(19)10-14/h4-10,20H,11H2,1-3H3. The molecule has 0 spiro atoms. The number of carbonyl (C=O) groups is 1. The number of carbonyl (C=O) groups excluding carboxylic acids is 1. The molecule has 0 unspecified atom stereocenters. The largest absolute Gasteiger partial charge is 0.456 e. The first-order valence-electron chi connectivity index (χ1n) is 7.03. The first-order valence-corrected chi connectivity index (χ1v) is 7.41. The normalized spacial score (nSPS) is 11.3. The van der Waals surface area contributed by atoms with Gasteiger partial charge in [0.25, 0.3) is 0 Å². The lowest BCUT2D eigenvalue weighted by Gasteiger charge is -2.19. The summed E-state index contributed by atoms with van der Waals surface area (Å²) < 4.78 is 5.33. The zero-order valence-electron chi connectivity index (χ0n) is 12.9. The van der Waals surface area contributed by atoms with Crippen LogP contribution < -0.4 is 0 Å². The van der Waals surface area contributed by atoms with E-state index in [0.717, 1.165) is 11.1 Å². The Kier molecular flexibility index (Phi) is 4.89. The van der Waals surface area contributed by atoms with Gasteiger partial charge < -0.3 is 9.84 Å². The summed E-state index contributed by atoms with van der Waals surface area (Å²) >= 11 is 6.10. The van der Waals surface area contributed by atoms with Crippen LogP contribution >= 0.6 is 11.6 Å². The number of rotatable bonds is 3. The molecular weight excluding hydrogens is 300 g/mol. The Morgan fingerprint density at radius 3 is 2.18 bits per heavy atom. The molecule has 2 aromatic carbocycles. The third-order valence-corrected chi connectivity index (χ3v) is 3.43. The SMILES string of the molecule is CC(C)(C)OC(=O)c1ccc(-c2ccc(CO)c(Cl)c2)cc1. The average molecular weight is 319 g/mol. The first kappa shape index (κ1) is 16.5. The van der Waals surface area contributed by atoms with E-state index in [-0.39, 0.29) is 12.6 Å². The van der Waals surface area contributed by atoms with Gasteiger partial charge in [-0.05, 0) is 55.7 Å². The molecule has 0 aliphatic carbocycles. The number of benzene rings is 2. The van der Waals surface area contributed by atoms with Gasteiger partial charge in [0.2, 0.25) is 0 Å². The predicted octanol–water partition coefficient (Wildman–Crippen LogP) is 4.45. The fourth-order valence-electron chi connectivity index (χ4n) is 1.99. The Balaban J connectivity index is 2.22. The fraction of sp³-hybridized carbons (Fsp3) is 0.278. The first-order chi connectivity index (χ1) is 10.3. The minimum atomic E-state index is -0.511. The van der Waals surface area contributed by atoms with Crippen LogP contribution in [0.25, 0.3) is 11.1 Å². The maximum atomic E-state index is 12.0. The maximum absolute atomic E-state index is 12.0. The number of esters is 1. The van der Waals surface area contributed by atoms with Gasteiger partial charge in [-0.2, -0.15) is 0 Å². The van der Waals surface area contributed by atoms with Crippen LogP contribution in [0.2, 0.25) is 5.02 Å². The maximum Gasteiger partial charge on any atom is 0.338 e. The second-order valence-electron chi connectivity index (χ2n) is 6.04. The second-order valence-corrected chi connectivity index (χ2v) is 6.45. The monoisotopic (exact) mass is 318 g/mol. The zero-order chi connectivity index (χ0) is 16.3. The Morgan fingerprint density at radius 1 is 1.09 bits per heavy atom. The van der Waals surface area contributed by atoms with Crippen LogP contribution in [0, 0.1) is 0 Å². The molecule has 0 saturated carbocycles. The van der Waals surface area contributed by atoms with Crippen LogP contribution in [0.1, 0.15) is 36.7 Å². The highest BCUT2D eigenvalue weighted by atomic mass is 35.5. The molecule has 22 heavy (non-hydrogen) atoms. The van der Waals surface area contributed by atoms with Crippen LogP contribution in [0.5, 0.6) is 0 Å². The summed E-state index contributed by atoms with van der Waals surface area (Å²) in [5.74, 6) is -0.340. The predicted molar refractivity (Wildman–Crippen MR) is 88.0 cm³/mol. The summed E-state index contributed by atoms with van der Waals surface area (Å²) in [6, 6.07) is 12.6. The van der Waals surface area contributed by atoms with Gasteiger partial charge in [-0.3, -0.25) is 0 Å². The molecule has 2 aromatic rings. The van der Waals surface area contributed by atoms with E-state index < -0.39 is 5.60 Å². The second kappa shape index (κ2) is 6.51. The van der Waals surface area contributed by atoms with Gasteiger partial charge in [0.05, 0.1) is 12.2 Å². The number of hydrogen-bond acceptors (Lipinski definition) is 3. The van der Waals surface area contributed by atoms with Crippen LogP contribution in [0.15, 0.2) is 42.5 Å². The van der Waals surface area contributed by atoms with E-state index in [1.54, 1.807) is 24.3 Å². The summed E-state index contributed by atoms with van der Waals surface area (Å²) in [5.41, 5.74) is 2.56. The van der Waals surface area contributed by atoms with Crippen molar-refractivity contribution in [1.29, 1.82) is 0 Å². The topological polar surface area (TPSA) is 46.5 Å². The average Bonchev–Trinajstić information content (AvgIpc) is 2.45. The molecule has 0 heterocycles. The lowest BCUT2D eigenvalue weighted by atomic mass is 10.0. The molecule has 2 rings (SSSR count). The Morgan fingerprint density at radius 2 is 1.68 bits per heavy atom. The molecule has 0 atom stereocenters. The van der Waals surface area contributed by atoms with Crippen molar-refractivity contribution in [3.05, 3.63) is 58.6 Å². The number of halogens is 1. The van der Waals surface area contributed by atoms with Crippen molar-refractivity contribution in [3.63, 3.8) is 0 Å². The van der Waals surface area contributed by atoms with E-state index in [2.05, 4.69) is 0 Å². The van der Waals surface area contributed by atoms with Gasteiger partial charge in [-0.15, -0.1) is 0 Å². The van der Waals surface area contributed by atoms with Crippen molar-refractivity contribution in [2.45, 2.75) is 33.0 Å². The Hall–Kier alpha value is -1.84.